The van der Waals surface area contributed by atoms with Gasteiger partial charge in [-0.15, -0.1) is 0 Å². The number of imidazole rings is 1. The molecule has 0 spiro atoms. The predicted molar refractivity (Wildman–Crippen MR) is 66.8 cm³/mol. The summed E-state index contributed by atoms with van der Waals surface area (Å²) in [6, 6.07) is 3.66. The lowest BCUT2D eigenvalue weighted by atomic mass is 10.2. The summed E-state index contributed by atoms with van der Waals surface area (Å²) in [6.45, 7) is 0. The van der Waals surface area contributed by atoms with E-state index in [0.29, 0.717) is 5.82 Å². The van der Waals surface area contributed by atoms with Gasteiger partial charge >= 0.3 is 0 Å². The Bertz CT molecular complexity index is 644. The monoisotopic (exact) mass is 238 g/mol. The molecule has 0 saturated carbocycles. The minimum atomic E-state index is 0.493. The Hall–Kier alpha value is -2.76. The van der Waals surface area contributed by atoms with E-state index >= 15 is 0 Å². The van der Waals surface area contributed by atoms with Crippen molar-refractivity contribution in [1.82, 2.24) is 24.5 Å². The predicted octanol–water partition coefficient (Wildman–Crippen LogP) is 1.31. The lowest BCUT2D eigenvalue weighted by Gasteiger charge is -2.06. The smallest absolute Gasteiger partial charge is 0.123 e. The van der Waals surface area contributed by atoms with Gasteiger partial charge in [-0.2, -0.15) is 0 Å². The van der Waals surface area contributed by atoms with Crippen molar-refractivity contribution in [2.45, 2.75) is 0 Å². The Morgan fingerprint density at radius 2 is 1.78 bits per heavy atom. The van der Waals surface area contributed by atoms with Crippen LogP contribution >= 0.6 is 0 Å². The van der Waals surface area contributed by atoms with Gasteiger partial charge in [-0.1, -0.05) is 0 Å². The first-order valence-electron chi connectivity index (χ1n) is 5.34. The molecule has 0 fully saturated rings. The fourth-order valence-corrected chi connectivity index (χ4v) is 1.69. The molecule has 0 amide bonds. The van der Waals surface area contributed by atoms with E-state index in [4.69, 9.17) is 5.73 Å². The van der Waals surface area contributed by atoms with E-state index in [1.54, 1.807) is 37.2 Å². The van der Waals surface area contributed by atoms with Crippen LogP contribution in [0.3, 0.4) is 0 Å². The van der Waals surface area contributed by atoms with Crippen LogP contribution in [0.2, 0.25) is 0 Å². The quantitative estimate of drug-likeness (QED) is 0.727. The van der Waals surface area contributed by atoms with Crippen LogP contribution in [0.4, 0.5) is 5.82 Å². The highest BCUT2D eigenvalue weighted by Gasteiger charge is 2.07. The minimum absolute atomic E-state index is 0.493. The fourth-order valence-electron chi connectivity index (χ4n) is 1.69. The van der Waals surface area contributed by atoms with E-state index in [-0.39, 0.29) is 0 Å². The normalized spacial score (nSPS) is 10.4. The molecule has 0 saturated heterocycles. The molecule has 3 rings (SSSR count). The molecule has 0 aliphatic carbocycles. The van der Waals surface area contributed by atoms with Crippen molar-refractivity contribution in [3.05, 3.63) is 49.6 Å². The van der Waals surface area contributed by atoms with Gasteiger partial charge in [0.1, 0.15) is 12.1 Å². The Labute approximate surface area is 103 Å². The Morgan fingerprint density at radius 3 is 2.50 bits per heavy atom. The number of hydrogen-bond donors (Lipinski definition) is 1. The van der Waals surface area contributed by atoms with Gasteiger partial charge in [-0.3, -0.25) is 4.57 Å². The number of nitrogen functional groups attached to an aromatic ring is 1. The first-order valence-corrected chi connectivity index (χ1v) is 5.34. The second-order valence-electron chi connectivity index (χ2n) is 3.72. The van der Waals surface area contributed by atoms with Gasteiger partial charge in [0.25, 0.3) is 0 Å². The first kappa shape index (κ1) is 10.4. The van der Waals surface area contributed by atoms with Crippen molar-refractivity contribution in [3.8, 4) is 16.9 Å². The number of rotatable bonds is 2. The third kappa shape index (κ3) is 1.80. The molecular formula is C12H10N6. The molecular weight excluding hydrogens is 228 g/mol. The van der Waals surface area contributed by atoms with Gasteiger partial charge in [0.2, 0.25) is 0 Å². The van der Waals surface area contributed by atoms with Crippen molar-refractivity contribution in [3.63, 3.8) is 0 Å². The molecule has 2 N–H and O–H groups in total. The fraction of sp³-hybridized carbons (Fsp3) is 0. The standard InChI is InChI=1S/C12H10N6/c13-12-2-1-9(3-17-12)11-6-16-8-18(11)10-4-14-7-15-5-10/h1-8H,(H2,13,17). The maximum Gasteiger partial charge on any atom is 0.123 e. The van der Waals surface area contributed by atoms with Crippen molar-refractivity contribution in [1.29, 1.82) is 0 Å². The topological polar surface area (TPSA) is 82.5 Å². The molecule has 0 bridgehead atoms. The largest absolute Gasteiger partial charge is 0.384 e. The molecule has 3 aromatic rings. The highest BCUT2D eigenvalue weighted by Crippen LogP contribution is 2.21. The minimum Gasteiger partial charge on any atom is -0.384 e. The molecule has 0 atom stereocenters. The number of anilines is 1. The summed E-state index contributed by atoms with van der Waals surface area (Å²) < 4.78 is 1.90. The number of aromatic nitrogens is 5. The molecule has 6 nitrogen and oxygen atoms in total. The zero-order chi connectivity index (χ0) is 12.4. The number of hydrogen-bond acceptors (Lipinski definition) is 5. The highest BCUT2D eigenvalue weighted by molar-refractivity contribution is 5.61. The van der Waals surface area contributed by atoms with Gasteiger partial charge in [0, 0.05) is 11.8 Å². The van der Waals surface area contributed by atoms with Crippen molar-refractivity contribution in [2.24, 2.45) is 0 Å². The molecule has 0 aromatic carbocycles. The molecule has 0 aliphatic rings. The van der Waals surface area contributed by atoms with Crippen LogP contribution in [0.15, 0.2) is 49.6 Å². The lowest BCUT2D eigenvalue weighted by molar-refractivity contribution is 1.01. The zero-order valence-corrected chi connectivity index (χ0v) is 9.43. The van der Waals surface area contributed by atoms with Crippen molar-refractivity contribution in [2.75, 3.05) is 5.73 Å². The average molecular weight is 238 g/mol. The van der Waals surface area contributed by atoms with Crippen LogP contribution in [0.1, 0.15) is 0 Å². The Balaban J connectivity index is 2.10. The highest BCUT2D eigenvalue weighted by atomic mass is 15.1. The third-order valence-electron chi connectivity index (χ3n) is 2.55. The molecule has 0 unspecified atom stereocenters. The summed E-state index contributed by atoms with van der Waals surface area (Å²) in [5.74, 6) is 0.493. The molecule has 3 aromatic heterocycles. The van der Waals surface area contributed by atoms with E-state index in [2.05, 4.69) is 19.9 Å². The Kier molecular flexibility index (Phi) is 2.45. The van der Waals surface area contributed by atoms with Crippen LogP contribution in [0.25, 0.3) is 16.9 Å². The first-order chi connectivity index (χ1) is 8.84. The van der Waals surface area contributed by atoms with Crippen LogP contribution in [0.5, 0.6) is 0 Å². The van der Waals surface area contributed by atoms with Crippen LogP contribution < -0.4 is 5.73 Å². The molecule has 0 radical (unpaired) electrons. The van der Waals surface area contributed by atoms with E-state index in [0.717, 1.165) is 16.9 Å². The second-order valence-corrected chi connectivity index (χ2v) is 3.72. The molecule has 3 heterocycles. The summed E-state index contributed by atoms with van der Waals surface area (Å²) in [6.07, 6.45) is 10.1. The van der Waals surface area contributed by atoms with Gasteiger partial charge < -0.3 is 5.73 Å². The van der Waals surface area contributed by atoms with Crippen molar-refractivity contribution >= 4 is 5.82 Å². The summed E-state index contributed by atoms with van der Waals surface area (Å²) in [5, 5.41) is 0. The summed E-state index contributed by atoms with van der Waals surface area (Å²) >= 11 is 0. The average Bonchev–Trinajstić information content (AvgIpc) is 2.90. The number of pyridine rings is 1. The number of nitrogens with two attached hydrogens (primary N) is 1. The molecule has 18 heavy (non-hydrogen) atoms. The van der Waals surface area contributed by atoms with Gasteiger partial charge in [-0.25, -0.2) is 19.9 Å². The maximum absolute atomic E-state index is 5.58. The maximum atomic E-state index is 5.58. The SMILES string of the molecule is Nc1ccc(-c2cncn2-c2cncnc2)cn1. The summed E-state index contributed by atoms with van der Waals surface area (Å²) in [7, 11) is 0. The van der Waals surface area contributed by atoms with E-state index in [9.17, 15) is 0 Å². The summed E-state index contributed by atoms with van der Waals surface area (Å²) in [5.41, 5.74) is 8.27. The van der Waals surface area contributed by atoms with Gasteiger partial charge in [0.05, 0.1) is 36.3 Å². The van der Waals surface area contributed by atoms with Crippen molar-refractivity contribution < 1.29 is 0 Å². The summed E-state index contributed by atoms with van der Waals surface area (Å²) in [4.78, 5) is 16.2. The van der Waals surface area contributed by atoms with E-state index in [1.807, 2.05) is 10.6 Å². The van der Waals surface area contributed by atoms with E-state index < -0.39 is 0 Å². The van der Waals surface area contributed by atoms with Gasteiger partial charge in [-0.05, 0) is 12.1 Å². The Morgan fingerprint density at radius 1 is 0.944 bits per heavy atom. The van der Waals surface area contributed by atoms with Gasteiger partial charge in [0.15, 0.2) is 0 Å². The molecule has 0 aliphatic heterocycles. The molecule has 6 heteroatoms. The van der Waals surface area contributed by atoms with Crippen LogP contribution in [0, 0.1) is 0 Å². The third-order valence-corrected chi connectivity index (χ3v) is 2.55. The van der Waals surface area contributed by atoms with Crippen LogP contribution in [-0.4, -0.2) is 24.5 Å². The number of nitrogens with zero attached hydrogens (tertiary/aromatic N) is 5. The molecule has 88 valence electrons. The van der Waals surface area contributed by atoms with E-state index in [1.165, 1.54) is 6.33 Å². The van der Waals surface area contributed by atoms with Crippen LogP contribution in [-0.2, 0) is 0 Å². The second kappa shape index (κ2) is 4.25. The zero-order valence-electron chi connectivity index (χ0n) is 9.43. The lowest BCUT2D eigenvalue weighted by Crippen LogP contribution is -1.97.